The number of hydrogen-bond donors (Lipinski definition) is 1. The molecule has 0 saturated heterocycles. The van der Waals surface area contributed by atoms with Gasteiger partial charge in [0.2, 0.25) is 5.13 Å². The van der Waals surface area contributed by atoms with Crippen LogP contribution in [0.4, 0.5) is 16.5 Å². The van der Waals surface area contributed by atoms with Gasteiger partial charge in [0.15, 0.2) is 0 Å². The number of aromatic nitrogens is 2. The van der Waals surface area contributed by atoms with Gasteiger partial charge in [0.05, 0.1) is 4.92 Å². The van der Waals surface area contributed by atoms with Crippen LogP contribution in [0.15, 0.2) is 48.5 Å². The van der Waals surface area contributed by atoms with Crippen LogP contribution in [0.2, 0.25) is 0 Å². The van der Waals surface area contributed by atoms with Crippen LogP contribution in [0.1, 0.15) is 25.3 Å². The smallest absolute Gasteiger partial charge is 0.270 e. The molecule has 0 bridgehead atoms. The van der Waals surface area contributed by atoms with Crippen molar-refractivity contribution in [2.75, 3.05) is 5.32 Å². The van der Waals surface area contributed by atoms with Gasteiger partial charge in [-0.3, -0.25) is 10.1 Å². The molecule has 3 aromatic rings. The van der Waals surface area contributed by atoms with Crippen molar-refractivity contribution in [3.05, 3.63) is 64.2 Å². The third-order valence-electron chi connectivity index (χ3n) is 3.56. The second kappa shape index (κ2) is 6.76. The maximum atomic E-state index is 10.9. The normalized spacial score (nSPS) is 10.8. The Morgan fingerprint density at radius 3 is 2.54 bits per heavy atom. The van der Waals surface area contributed by atoms with Crippen molar-refractivity contribution in [3.8, 4) is 10.6 Å². The highest BCUT2D eigenvalue weighted by Crippen LogP contribution is 2.30. The molecule has 0 amide bonds. The highest BCUT2D eigenvalue weighted by atomic mass is 32.1. The number of nitrogens with one attached hydrogen (secondary N) is 1. The average molecular weight is 340 g/mol. The maximum Gasteiger partial charge on any atom is 0.270 e. The van der Waals surface area contributed by atoms with Gasteiger partial charge in [0.25, 0.3) is 5.69 Å². The summed E-state index contributed by atoms with van der Waals surface area (Å²) in [5, 5.41) is 23.6. The van der Waals surface area contributed by atoms with E-state index in [1.54, 1.807) is 12.1 Å². The number of rotatable bonds is 5. The number of anilines is 2. The van der Waals surface area contributed by atoms with Crippen LogP contribution >= 0.6 is 11.3 Å². The van der Waals surface area contributed by atoms with Gasteiger partial charge in [-0.25, -0.2) is 0 Å². The maximum absolute atomic E-state index is 10.9. The highest BCUT2D eigenvalue weighted by Gasteiger charge is 2.11. The van der Waals surface area contributed by atoms with Crippen molar-refractivity contribution in [2.45, 2.75) is 19.8 Å². The first-order chi connectivity index (χ1) is 11.5. The minimum Gasteiger partial charge on any atom is -0.330 e. The zero-order valence-electron chi connectivity index (χ0n) is 13.3. The zero-order chi connectivity index (χ0) is 17.1. The average Bonchev–Trinajstić information content (AvgIpc) is 3.04. The van der Waals surface area contributed by atoms with E-state index in [4.69, 9.17) is 0 Å². The van der Waals surface area contributed by atoms with E-state index < -0.39 is 4.92 Å². The largest absolute Gasteiger partial charge is 0.330 e. The Bertz CT molecular complexity index is 859. The molecule has 1 heterocycles. The first-order valence-electron chi connectivity index (χ1n) is 7.48. The Balaban J connectivity index is 1.78. The molecular weight excluding hydrogens is 324 g/mol. The van der Waals surface area contributed by atoms with Gasteiger partial charge in [-0.2, -0.15) is 0 Å². The molecule has 6 nitrogen and oxygen atoms in total. The van der Waals surface area contributed by atoms with Gasteiger partial charge in [-0.1, -0.05) is 49.4 Å². The molecule has 1 aromatic heterocycles. The zero-order valence-corrected chi connectivity index (χ0v) is 14.1. The van der Waals surface area contributed by atoms with E-state index in [1.165, 1.54) is 29.0 Å². The summed E-state index contributed by atoms with van der Waals surface area (Å²) in [6.45, 7) is 4.30. The minimum absolute atomic E-state index is 0.0430. The van der Waals surface area contributed by atoms with E-state index in [0.29, 0.717) is 21.6 Å². The van der Waals surface area contributed by atoms with E-state index in [-0.39, 0.29) is 5.69 Å². The van der Waals surface area contributed by atoms with Gasteiger partial charge in [0, 0.05) is 23.4 Å². The summed E-state index contributed by atoms with van der Waals surface area (Å²) in [6.07, 6.45) is 0. The lowest BCUT2D eigenvalue weighted by molar-refractivity contribution is -0.384. The Morgan fingerprint density at radius 1 is 1.12 bits per heavy atom. The van der Waals surface area contributed by atoms with Crippen LogP contribution in [0.25, 0.3) is 10.6 Å². The van der Waals surface area contributed by atoms with Gasteiger partial charge < -0.3 is 5.32 Å². The number of benzene rings is 2. The fraction of sp³-hybridized carbons (Fsp3) is 0.176. The molecular formula is C17H16N4O2S. The van der Waals surface area contributed by atoms with Gasteiger partial charge in [-0.05, 0) is 23.6 Å². The molecule has 0 fully saturated rings. The van der Waals surface area contributed by atoms with Crippen LogP contribution in [-0.2, 0) is 0 Å². The predicted molar refractivity (Wildman–Crippen MR) is 95.8 cm³/mol. The summed E-state index contributed by atoms with van der Waals surface area (Å²) in [7, 11) is 0. The summed E-state index contributed by atoms with van der Waals surface area (Å²) in [4.78, 5) is 10.5. The molecule has 0 aliphatic carbocycles. The third kappa shape index (κ3) is 3.57. The quantitative estimate of drug-likeness (QED) is 0.523. The number of hydrogen-bond acceptors (Lipinski definition) is 6. The van der Waals surface area contributed by atoms with Gasteiger partial charge in [0.1, 0.15) is 5.01 Å². The first-order valence-corrected chi connectivity index (χ1v) is 8.30. The molecule has 0 spiro atoms. The van der Waals surface area contributed by atoms with Crippen LogP contribution in [0.3, 0.4) is 0 Å². The molecule has 0 aliphatic heterocycles. The molecule has 122 valence electrons. The summed E-state index contributed by atoms with van der Waals surface area (Å²) >= 11 is 1.36. The second-order valence-electron chi connectivity index (χ2n) is 5.62. The number of nitrogens with zero attached hydrogens (tertiary/aromatic N) is 3. The van der Waals surface area contributed by atoms with Gasteiger partial charge in [-0.15, -0.1) is 10.2 Å². The van der Waals surface area contributed by atoms with Crippen molar-refractivity contribution in [3.63, 3.8) is 0 Å². The Hall–Kier alpha value is -2.80. The van der Waals surface area contributed by atoms with Crippen molar-refractivity contribution in [1.82, 2.24) is 10.2 Å². The summed E-state index contributed by atoms with van der Waals surface area (Å²) < 4.78 is 0. The monoisotopic (exact) mass is 340 g/mol. The molecule has 0 atom stereocenters. The van der Waals surface area contributed by atoms with E-state index in [0.717, 1.165) is 5.69 Å². The molecule has 2 aromatic carbocycles. The summed E-state index contributed by atoms with van der Waals surface area (Å²) in [5.41, 5.74) is 2.93. The number of non-ortho nitro benzene ring substituents is 1. The highest BCUT2D eigenvalue weighted by molar-refractivity contribution is 7.18. The molecule has 0 aliphatic rings. The SMILES string of the molecule is CC(C)c1ccc(Nc2nnc(-c3cccc([N+](=O)[O-])c3)s2)cc1. The Labute approximate surface area is 143 Å². The minimum atomic E-state index is -0.417. The van der Waals surface area contributed by atoms with Gasteiger partial charge >= 0.3 is 0 Å². The van der Waals surface area contributed by atoms with E-state index in [1.807, 2.05) is 12.1 Å². The lowest BCUT2D eigenvalue weighted by Crippen LogP contribution is -1.91. The molecule has 7 heteroatoms. The molecule has 1 N–H and O–H groups in total. The molecule has 3 rings (SSSR count). The first kappa shape index (κ1) is 16.1. The van der Waals surface area contributed by atoms with Crippen molar-refractivity contribution >= 4 is 27.8 Å². The third-order valence-corrected chi connectivity index (χ3v) is 4.45. The molecule has 0 radical (unpaired) electrons. The predicted octanol–water partition coefficient (Wildman–Crippen LogP) is 4.98. The Morgan fingerprint density at radius 2 is 1.88 bits per heavy atom. The van der Waals surface area contributed by atoms with Crippen LogP contribution in [0, 0.1) is 10.1 Å². The molecule has 24 heavy (non-hydrogen) atoms. The standard InChI is InChI=1S/C17H16N4O2S/c1-11(2)12-6-8-14(9-7-12)18-17-20-19-16(24-17)13-4-3-5-15(10-13)21(22)23/h3-11H,1-2H3,(H,18,20). The van der Waals surface area contributed by atoms with Crippen LogP contribution in [0.5, 0.6) is 0 Å². The van der Waals surface area contributed by atoms with E-state index in [9.17, 15) is 10.1 Å². The Kier molecular flexibility index (Phi) is 4.52. The van der Waals surface area contributed by atoms with E-state index in [2.05, 4.69) is 41.5 Å². The van der Waals surface area contributed by atoms with Crippen LogP contribution < -0.4 is 5.32 Å². The fourth-order valence-corrected chi connectivity index (χ4v) is 2.98. The number of nitro benzene ring substituents is 1. The lowest BCUT2D eigenvalue weighted by Gasteiger charge is -2.06. The van der Waals surface area contributed by atoms with E-state index >= 15 is 0 Å². The summed E-state index contributed by atoms with van der Waals surface area (Å²) in [5.74, 6) is 0.487. The van der Waals surface area contributed by atoms with Crippen molar-refractivity contribution in [1.29, 1.82) is 0 Å². The summed E-state index contributed by atoms with van der Waals surface area (Å²) in [6, 6.07) is 14.6. The van der Waals surface area contributed by atoms with Crippen molar-refractivity contribution in [2.24, 2.45) is 0 Å². The lowest BCUT2D eigenvalue weighted by atomic mass is 10.0. The fourth-order valence-electron chi connectivity index (χ4n) is 2.22. The number of nitro groups is 1. The van der Waals surface area contributed by atoms with Crippen LogP contribution in [-0.4, -0.2) is 15.1 Å². The molecule has 0 saturated carbocycles. The van der Waals surface area contributed by atoms with Crippen molar-refractivity contribution < 1.29 is 4.92 Å². The topological polar surface area (TPSA) is 81.0 Å². The second-order valence-corrected chi connectivity index (χ2v) is 6.60. The molecule has 0 unspecified atom stereocenters.